The zero-order valence-electron chi connectivity index (χ0n) is 12.2. The topological polar surface area (TPSA) is 33.6 Å². The first kappa shape index (κ1) is 13.7. The van der Waals surface area contributed by atoms with E-state index in [1.165, 1.54) is 36.6 Å². The molecule has 19 heavy (non-hydrogen) atoms. The maximum atomic E-state index is 5.49. The third kappa shape index (κ3) is 2.94. The van der Waals surface area contributed by atoms with E-state index in [9.17, 15) is 0 Å². The van der Waals surface area contributed by atoms with Crippen LogP contribution in [0.3, 0.4) is 0 Å². The highest BCUT2D eigenvalue weighted by atomic mass is 32.2. The van der Waals surface area contributed by atoms with Crippen LogP contribution in [0.5, 0.6) is 0 Å². The number of ether oxygens (including phenoxy) is 1. The molecule has 2 saturated heterocycles. The van der Waals surface area contributed by atoms with Gasteiger partial charge in [-0.2, -0.15) is 0 Å². The predicted octanol–water partition coefficient (Wildman–Crippen LogP) is 3.20. The molecule has 1 atom stereocenters. The summed E-state index contributed by atoms with van der Waals surface area (Å²) in [5.41, 5.74) is 0.652. The molecule has 0 radical (unpaired) electrons. The van der Waals surface area contributed by atoms with Gasteiger partial charge in [-0.05, 0) is 31.1 Å². The minimum absolute atomic E-state index is 0.278. The fourth-order valence-corrected chi connectivity index (χ4v) is 4.73. The Morgan fingerprint density at radius 1 is 1.21 bits per heavy atom. The summed E-state index contributed by atoms with van der Waals surface area (Å²) in [6.45, 7) is 6.56. The third-order valence-corrected chi connectivity index (χ3v) is 6.21. The van der Waals surface area contributed by atoms with Gasteiger partial charge >= 0.3 is 0 Å². The molecule has 2 heterocycles. The smallest absolute Gasteiger partial charge is 0.157 e. The minimum atomic E-state index is 0.278. The van der Waals surface area contributed by atoms with E-state index < -0.39 is 0 Å². The van der Waals surface area contributed by atoms with Gasteiger partial charge < -0.3 is 10.1 Å². The van der Waals surface area contributed by atoms with E-state index in [2.05, 4.69) is 19.2 Å². The lowest BCUT2D eigenvalue weighted by Crippen LogP contribution is -2.48. The van der Waals surface area contributed by atoms with Crippen molar-refractivity contribution in [1.29, 1.82) is 0 Å². The van der Waals surface area contributed by atoms with Crippen LogP contribution < -0.4 is 5.32 Å². The van der Waals surface area contributed by atoms with E-state index >= 15 is 0 Å². The van der Waals surface area contributed by atoms with Crippen molar-refractivity contribution in [3.05, 3.63) is 0 Å². The Balaban J connectivity index is 1.68. The second-order valence-electron chi connectivity index (χ2n) is 6.99. The summed E-state index contributed by atoms with van der Waals surface area (Å²) in [6.07, 6.45) is 7.55. The first-order valence-electron chi connectivity index (χ1n) is 7.66. The number of nitrogens with one attached hydrogen (secondary N) is 1. The number of hydrogen-bond donors (Lipinski definition) is 1. The number of amidine groups is 1. The molecule has 1 N–H and O–H groups in total. The average molecular weight is 282 g/mol. The quantitative estimate of drug-likeness (QED) is 0.802. The lowest BCUT2D eigenvalue weighted by atomic mass is 9.73. The molecule has 1 aliphatic carbocycles. The Kier molecular flexibility index (Phi) is 3.82. The van der Waals surface area contributed by atoms with Crippen LogP contribution in [0.25, 0.3) is 0 Å². The second-order valence-corrected chi connectivity index (χ2v) is 7.95. The Labute approximate surface area is 121 Å². The van der Waals surface area contributed by atoms with E-state index in [4.69, 9.17) is 9.73 Å². The van der Waals surface area contributed by atoms with Gasteiger partial charge in [0.15, 0.2) is 5.17 Å². The molecule has 2 aliphatic heterocycles. The lowest BCUT2D eigenvalue weighted by Gasteiger charge is -2.36. The average Bonchev–Trinajstić information content (AvgIpc) is 2.76. The van der Waals surface area contributed by atoms with Crippen LogP contribution in [0.4, 0.5) is 0 Å². The van der Waals surface area contributed by atoms with Crippen LogP contribution in [0.15, 0.2) is 4.99 Å². The van der Waals surface area contributed by atoms with E-state index in [1.54, 1.807) is 0 Å². The zero-order chi connectivity index (χ0) is 13.3. The normalized spacial score (nSPS) is 35.5. The van der Waals surface area contributed by atoms with Crippen molar-refractivity contribution in [3.63, 3.8) is 0 Å². The summed E-state index contributed by atoms with van der Waals surface area (Å²) in [5, 5.41) is 4.92. The number of thioether (sulfide) groups is 1. The molecule has 0 bridgehead atoms. The molecule has 0 aromatic rings. The Morgan fingerprint density at radius 2 is 2.00 bits per heavy atom. The van der Waals surface area contributed by atoms with Crippen molar-refractivity contribution >= 4 is 16.9 Å². The van der Waals surface area contributed by atoms with E-state index in [1.807, 2.05) is 11.8 Å². The summed E-state index contributed by atoms with van der Waals surface area (Å²) in [6, 6.07) is 0.506. The van der Waals surface area contributed by atoms with Crippen molar-refractivity contribution in [2.45, 2.75) is 64.0 Å². The fraction of sp³-hybridized carbons (Fsp3) is 0.933. The van der Waals surface area contributed by atoms with Gasteiger partial charge in [0, 0.05) is 19.0 Å². The second kappa shape index (κ2) is 5.28. The molecule has 0 aromatic carbocycles. The lowest BCUT2D eigenvalue weighted by molar-refractivity contribution is 0.0554. The molecule has 1 unspecified atom stereocenters. The Morgan fingerprint density at radius 3 is 2.74 bits per heavy atom. The predicted molar refractivity (Wildman–Crippen MR) is 81.8 cm³/mol. The Hall–Kier alpha value is -0.220. The summed E-state index contributed by atoms with van der Waals surface area (Å²) in [4.78, 5) is 5.07. The van der Waals surface area contributed by atoms with E-state index in [-0.39, 0.29) is 5.54 Å². The molecular formula is C15H26N2OS. The molecular weight excluding hydrogens is 256 g/mol. The summed E-state index contributed by atoms with van der Waals surface area (Å²) in [7, 11) is 0. The fourth-order valence-electron chi connectivity index (χ4n) is 3.46. The van der Waals surface area contributed by atoms with Crippen LogP contribution in [0, 0.1) is 5.41 Å². The van der Waals surface area contributed by atoms with Gasteiger partial charge in [0.25, 0.3) is 0 Å². The number of nitrogens with zero attached hydrogens (tertiary/aromatic N) is 1. The van der Waals surface area contributed by atoms with Crippen molar-refractivity contribution in [1.82, 2.24) is 5.32 Å². The highest BCUT2D eigenvalue weighted by Crippen LogP contribution is 2.39. The maximum absolute atomic E-state index is 5.49. The van der Waals surface area contributed by atoms with Crippen molar-refractivity contribution < 1.29 is 4.74 Å². The molecule has 1 spiro atoms. The van der Waals surface area contributed by atoms with Crippen molar-refractivity contribution in [2.24, 2.45) is 10.4 Å². The van der Waals surface area contributed by atoms with Gasteiger partial charge in [-0.3, -0.25) is 4.99 Å². The van der Waals surface area contributed by atoms with Crippen LogP contribution in [0.1, 0.15) is 52.4 Å². The molecule has 0 amide bonds. The third-order valence-electron chi connectivity index (χ3n) is 5.03. The minimum Gasteiger partial charge on any atom is -0.381 e. The van der Waals surface area contributed by atoms with E-state index in [0.29, 0.717) is 11.5 Å². The van der Waals surface area contributed by atoms with Gasteiger partial charge in [0.2, 0.25) is 0 Å². The van der Waals surface area contributed by atoms with Crippen LogP contribution in [-0.2, 0) is 4.74 Å². The van der Waals surface area contributed by atoms with Crippen molar-refractivity contribution in [2.75, 3.05) is 19.0 Å². The first-order valence-corrected chi connectivity index (χ1v) is 8.65. The molecule has 3 fully saturated rings. The molecule has 0 aromatic heterocycles. The SMILES string of the molecule is CC1(C)CCCCC1N=C1NC2(CCOCC2)CS1. The summed E-state index contributed by atoms with van der Waals surface area (Å²) < 4.78 is 5.49. The van der Waals surface area contributed by atoms with E-state index in [0.717, 1.165) is 26.1 Å². The Bertz CT molecular complexity index is 361. The van der Waals surface area contributed by atoms with Gasteiger partial charge in [-0.15, -0.1) is 0 Å². The van der Waals surface area contributed by atoms with Gasteiger partial charge in [-0.25, -0.2) is 0 Å². The van der Waals surface area contributed by atoms with Crippen LogP contribution >= 0.6 is 11.8 Å². The highest BCUT2D eigenvalue weighted by molar-refractivity contribution is 8.14. The first-order chi connectivity index (χ1) is 9.10. The number of rotatable bonds is 1. The molecule has 3 nitrogen and oxygen atoms in total. The highest BCUT2D eigenvalue weighted by Gasteiger charge is 2.40. The monoisotopic (exact) mass is 282 g/mol. The van der Waals surface area contributed by atoms with Crippen molar-refractivity contribution in [3.8, 4) is 0 Å². The standard InChI is InChI=1S/C15H26N2OS/c1-14(2)6-4-3-5-12(14)16-13-17-15(11-19-13)7-9-18-10-8-15/h12H,3-11H2,1-2H3,(H,16,17). The van der Waals surface area contributed by atoms with Gasteiger partial charge in [0.1, 0.15) is 0 Å². The molecule has 4 heteroatoms. The maximum Gasteiger partial charge on any atom is 0.157 e. The largest absolute Gasteiger partial charge is 0.381 e. The molecule has 3 aliphatic rings. The zero-order valence-corrected chi connectivity index (χ0v) is 13.0. The van der Waals surface area contributed by atoms with Gasteiger partial charge in [0.05, 0.1) is 11.6 Å². The number of hydrogen-bond acceptors (Lipinski definition) is 3. The molecule has 108 valence electrons. The van der Waals surface area contributed by atoms with Crippen LogP contribution in [0.2, 0.25) is 0 Å². The molecule has 1 saturated carbocycles. The summed E-state index contributed by atoms with van der Waals surface area (Å²) in [5.74, 6) is 1.17. The number of aliphatic imine (C=N–C) groups is 1. The van der Waals surface area contributed by atoms with Gasteiger partial charge in [-0.1, -0.05) is 38.5 Å². The van der Waals surface area contributed by atoms with Crippen LogP contribution in [-0.4, -0.2) is 35.7 Å². The molecule has 3 rings (SSSR count). The summed E-state index contributed by atoms with van der Waals surface area (Å²) >= 11 is 1.93.